The van der Waals surface area contributed by atoms with E-state index >= 15 is 0 Å². The Morgan fingerprint density at radius 2 is 2.00 bits per heavy atom. The molecule has 0 saturated carbocycles. The molecule has 1 aromatic carbocycles. The zero-order valence-electron chi connectivity index (χ0n) is 14.3. The van der Waals surface area contributed by atoms with E-state index in [4.69, 9.17) is 9.72 Å². The summed E-state index contributed by atoms with van der Waals surface area (Å²) in [5, 5.41) is 0.695. The summed E-state index contributed by atoms with van der Waals surface area (Å²) in [4.78, 5) is 19.6. The largest absolute Gasteiger partial charge is 0.378 e. The zero-order valence-corrected chi connectivity index (χ0v) is 14.3. The van der Waals surface area contributed by atoms with E-state index in [0.29, 0.717) is 17.4 Å². The maximum atomic E-state index is 12.5. The van der Waals surface area contributed by atoms with Gasteiger partial charge in [-0.15, -0.1) is 0 Å². The average Bonchev–Trinajstić information content (AvgIpc) is 3.15. The van der Waals surface area contributed by atoms with Crippen molar-refractivity contribution in [2.45, 2.75) is 38.3 Å². The summed E-state index contributed by atoms with van der Waals surface area (Å²) in [7, 11) is 1.83. The van der Waals surface area contributed by atoms with Gasteiger partial charge in [-0.25, -0.2) is 4.98 Å². The summed E-state index contributed by atoms with van der Waals surface area (Å²) in [5.41, 5.74) is 0.842. The van der Waals surface area contributed by atoms with E-state index in [1.165, 1.54) is 25.7 Å². The van der Waals surface area contributed by atoms with Gasteiger partial charge in [0.05, 0.1) is 23.6 Å². The lowest BCUT2D eigenvalue weighted by Gasteiger charge is -2.34. The van der Waals surface area contributed by atoms with Crippen molar-refractivity contribution < 1.29 is 4.74 Å². The van der Waals surface area contributed by atoms with E-state index in [0.717, 1.165) is 37.6 Å². The Balaban J connectivity index is 1.47. The summed E-state index contributed by atoms with van der Waals surface area (Å²) in [5.74, 6) is 1.56. The monoisotopic (exact) mass is 327 g/mol. The molecule has 5 nitrogen and oxygen atoms in total. The van der Waals surface area contributed by atoms with Crippen LogP contribution < -0.4 is 5.56 Å². The predicted octanol–water partition coefficient (Wildman–Crippen LogP) is 2.32. The van der Waals surface area contributed by atoms with Gasteiger partial charge >= 0.3 is 0 Å². The van der Waals surface area contributed by atoms with Crippen LogP contribution in [-0.2, 0) is 18.3 Å². The van der Waals surface area contributed by atoms with Crippen molar-refractivity contribution in [1.29, 1.82) is 0 Å². The third-order valence-electron chi connectivity index (χ3n) is 5.56. The first-order chi connectivity index (χ1) is 11.7. The van der Waals surface area contributed by atoms with Gasteiger partial charge in [0.25, 0.3) is 5.56 Å². The smallest absolute Gasteiger partial charge is 0.261 e. The van der Waals surface area contributed by atoms with Crippen LogP contribution in [0.15, 0.2) is 29.1 Å². The van der Waals surface area contributed by atoms with E-state index in [9.17, 15) is 4.79 Å². The number of piperidine rings is 1. The van der Waals surface area contributed by atoms with E-state index in [1.807, 2.05) is 31.3 Å². The molecule has 1 aromatic heterocycles. The lowest BCUT2D eigenvalue weighted by molar-refractivity contribution is 0.0298. The Morgan fingerprint density at radius 1 is 1.21 bits per heavy atom. The van der Waals surface area contributed by atoms with Gasteiger partial charge in [0.2, 0.25) is 0 Å². The minimum absolute atomic E-state index is 0.0461. The fraction of sp³-hybridized carbons (Fsp3) is 0.579. The van der Waals surface area contributed by atoms with Gasteiger partial charge in [0.1, 0.15) is 5.82 Å². The number of likely N-dealkylation sites (tertiary alicyclic amines) is 1. The van der Waals surface area contributed by atoms with E-state index in [1.54, 1.807) is 4.57 Å². The van der Waals surface area contributed by atoms with Gasteiger partial charge in [0, 0.05) is 13.7 Å². The quantitative estimate of drug-likeness (QED) is 0.868. The van der Waals surface area contributed by atoms with Crippen LogP contribution in [0, 0.1) is 5.92 Å². The summed E-state index contributed by atoms with van der Waals surface area (Å²) >= 11 is 0. The number of aromatic nitrogens is 2. The molecule has 2 saturated heterocycles. The molecular weight excluding hydrogens is 302 g/mol. The van der Waals surface area contributed by atoms with Crippen molar-refractivity contribution in [3.8, 4) is 0 Å². The molecule has 4 rings (SSSR count). The van der Waals surface area contributed by atoms with E-state index in [2.05, 4.69) is 4.90 Å². The molecule has 1 atom stereocenters. The second-order valence-electron chi connectivity index (χ2n) is 7.07. The van der Waals surface area contributed by atoms with Gasteiger partial charge in [-0.1, -0.05) is 12.1 Å². The highest BCUT2D eigenvalue weighted by atomic mass is 16.5. The highest BCUT2D eigenvalue weighted by molar-refractivity contribution is 5.77. The fourth-order valence-corrected chi connectivity index (χ4v) is 4.06. The Bertz CT molecular complexity index is 772. The Labute approximate surface area is 142 Å². The molecule has 0 aliphatic carbocycles. The van der Waals surface area contributed by atoms with Crippen LogP contribution in [0.5, 0.6) is 0 Å². The van der Waals surface area contributed by atoms with Crippen LogP contribution in [0.2, 0.25) is 0 Å². The van der Waals surface area contributed by atoms with Gasteiger partial charge in [-0.2, -0.15) is 0 Å². The summed E-state index contributed by atoms with van der Waals surface area (Å²) in [6.07, 6.45) is 5.30. The molecule has 0 amide bonds. The van der Waals surface area contributed by atoms with Crippen molar-refractivity contribution in [1.82, 2.24) is 14.5 Å². The number of nitrogens with zero attached hydrogens (tertiary/aromatic N) is 3. The average molecular weight is 327 g/mol. The maximum absolute atomic E-state index is 12.5. The van der Waals surface area contributed by atoms with E-state index < -0.39 is 0 Å². The molecule has 2 aliphatic heterocycles. The number of para-hydroxylation sites is 1. The SMILES string of the molecule is Cn1c(CN2CCC(C3CCCO3)CC2)nc2ccccc2c1=O. The molecule has 24 heavy (non-hydrogen) atoms. The molecule has 0 spiro atoms. The first kappa shape index (κ1) is 15.8. The highest BCUT2D eigenvalue weighted by Crippen LogP contribution is 2.29. The summed E-state index contributed by atoms with van der Waals surface area (Å²) in [6.45, 7) is 3.81. The molecule has 2 aliphatic rings. The summed E-state index contributed by atoms with van der Waals surface area (Å²) < 4.78 is 7.56. The fourth-order valence-electron chi connectivity index (χ4n) is 4.06. The zero-order chi connectivity index (χ0) is 16.5. The number of hydrogen-bond donors (Lipinski definition) is 0. The number of ether oxygens (including phenoxy) is 1. The van der Waals surface area contributed by atoms with Crippen molar-refractivity contribution in [2.24, 2.45) is 13.0 Å². The van der Waals surface area contributed by atoms with Gasteiger partial charge in [-0.3, -0.25) is 14.3 Å². The molecule has 0 N–H and O–H groups in total. The van der Waals surface area contributed by atoms with Crippen LogP contribution in [0.4, 0.5) is 0 Å². The Kier molecular flexibility index (Phi) is 4.37. The van der Waals surface area contributed by atoms with Crippen molar-refractivity contribution in [3.63, 3.8) is 0 Å². The number of benzene rings is 1. The molecule has 5 heteroatoms. The second-order valence-corrected chi connectivity index (χ2v) is 7.07. The van der Waals surface area contributed by atoms with Crippen LogP contribution in [-0.4, -0.2) is 40.3 Å². The predicted molar refractivity (Wildman–Crippen MR) is 94.0 cm³/mol. The normalized spacial score (nSPS) is 23.1. The van der Waals surface area contributed by atoms with Crippen LogP contribution in [0.3, 0.4) is 0 Å². The lowest BCUT2D eigenvalue weighted by atomic mass is 9.90. The Hall–Kier alpha value is -1.72. The van der Waals surface area contributed by atoms with E-state index in [-0.39, 0.29) is 5.56 Å². The first-order valence-electron chi connectivity index (χ1n) is 9.01. The molecule has 2 fully saturated rings. The van der Waals surface area contributed by atoms with Gasteiger partial charge < -0.3 is 4.74 Å². The van der Waals surface area contributed by atoms with Crippen molar-refractivity contribution >= 4 is 10.9 Å². The second kappa shape index (κ2) is 6.65. The molecule has 1 unspecified atom stereocenters. The number of fused-ring (bicyclic) bond motifs is 1. The molecule has 0 radical (unpaired) electrons. The number of hydrogen-bond acceptors (Lipinski definition) is 4. The van der Waals surface area contributed by atoms with Crippen molar-refractivity contribution in [3.05, 3.63) is 40.4 Å². The molecule has 2 aromatic rings. The third-order valence-corrected chi connectivity index (χ3v) is 5.56. The highest BCUT2D eigenvalue weighted by Gasteiger charge is 2.29. The third kappa shape index (κ3) is 2.98. The molecule has 128 valence electrons. The van der Waals surface area contributed by atoms with Crippen molar-refractivity contribution in [2.75, 3.05) is 19.7 Å². The topological polar surface area (TPSA) is 47.4 Å². The van der Waals surface area contributed by atoms with Gasteiger partial charge in [-0.05, 0) is 56.8 Å². The lowest BCUT2D eigenvalue weighted by Crippen LogP contribution is -2.38. The standard InChI is InChI=1S/C19H25N3O2/c1-21-18(20-16-6-3-2-5-15(16)19(21)23)13-22-10-8-14(9-11-22)17-7-4-12-24-17/h2-3,5-6,14,17H,4,7-13H2,1H3. The Morgan fingerprint density at radius 3 is 2.75 bits per heavy atom. The molecule has 3 heterocycles. The molecular formula is C19H25N3O2. The van der Waals surface area contributed by atoms with Crippen LogP contribution >= 0.6 is 0 Å². The minimum atomic E-state index is 0.0461. The van der Waals surface area contributed by atoms with Crippen LogP contribution in [0.1, 0.15) is 31.5 Å². The first-order valence-corrected chi connectivity index (χ1v) is 9.01. The summed E-state index contributed by atoms with van der Waals surface area (Å²) in [6, 6.07) is 7.60. The van der Waals surface area contributed by atoms with Gasteiger partial charge in [0.15, 0.2) is 0 Å². The minimum Gasteiger partial charge on any atom is -0.378 e. The number of rotatable bonds is 3. The molecule has 0 bridgehead atoms. The maximum Gasteiger partial charge on any atom is 0.261 e. The van der Waals surface area contributed by atoms with Crippen LogP contribution in [0.25, 0.3) is 10.9 Å².